The second kappa shape index (κ2) is 5.94. The molecule has 0 bridgehead atoms. The maximum Gasteiger partial charge on any atom is 0.573 e. The minimum atomic E-state index is -5.03. The minimum Gasteiger partial charge on any atom is -0.406 e. The van der Waals surface area contributed by atoms with Crippen LogP contribution in [0.4, 0.5) is 26.3 Å². The zero-order valence-electron chi connectivity index (χ0n) is 11.2. The molecule has 0 aliphatic heterocycles. The topological polar surface area (TPSA) is 26.3 Å². The molecule has 2 nitrogen and oxygen atoms in total. The molecule has 0 amide bonds. The fraction of sp³-hybridized carbons (Fsp3) is 0.133. The number of aldehydes is 1. The Balaban J connectivity index is 2.60. The number of hydrogen-bond acceptors (Lipinski definition) is 2. The van der Waals surface area contributed by atoms with Crippen LogP contribution < -0.4 is 4.74 Å². The van der Waals surface area contributed by atoms with Gasteiger partial charge in [0.15, 0.2) is 0 Å². The van der Waals surface area contributed by atoms with Gasteiger partial charge in [-0.05, 0) is 35.4 Å². The standard InChI is InChI=1S/C15H8F6O2/c16-14(17,18)13-4-2-1-3-12(13)10-5-9(8-22)6-11(7-10)23-15(19,20)21/h1-8H. The largest absolute Gasteiger partial charge is 0.573 e. The molecule has 0 unspecified atom stereocenters. The summed E-state index contributed by atoms with van der Waals surface area (Å²) < 4.78 is 79.6. The predicted molar refractivity (Wildman–Crippen MR) is 69.0 cm³/mol. The number of ether oxygens (including phenoxy) is 1. The van der Waals surface area contributed by atoms with Gasteiger partial charge in [-0.15, -0.1) is 13.2 Å². The lowest BCUT2D eigenvalue weighted by atomic mass is 9.97. The van der Waals surface area contributed by atoms with Crippen LogP contribution in [0.1, 0.15) is 15.9 Å². The number of carbonyl (C=O) groups excluding carboxylic acids is 1. The lowest BCUT2D eigenvalue weighted by Gasteiger charge is -2.15. The predicted octanol–water partition coefficient (Wildman–Crippen LogP) is 5.08. The van der Waals surface area contributed by atoms with Crippen LogP contribution in [0.2, 0.25) is 0 Å². The molecule has 0 atom stereocenters. The molecule has 2 aromatic rings. The molecule has 0 fully saturated rings. The summed E-state index contributed by atoms with van der Waals surface area (Å²) in [7, 11) is 0. The molecule has 122 valence electrons. The molecule has 0 spiro atoms. The van der Waals surface area contributed by atoms with E-state index in [1.807, 2.05) is 0 Å². The van der Waals surface area contributed by atoms with Crippen molar-refractivity contribution in [3.63, 3.8) is 0 Å². The molecule has 23 heavy (non-hydrogen) atoms. The maximum absolute atomic E-state index is 13.0. The molecule has 2 rings (SSSR count). The van der Waals surface area contributed by atoms with Gasteiger partial charge in [0.05, 0.1) is 5.56 Å². The third kappa shape index (κ3) is 4.24. The zero-order valence-corrected chi connectivity index (χ0v) is 11.2. The molecule has 0 saturated carbocycles. The van der Waals surface area contributed by atoms with Crippen molar-refractivity contribution < 1.29 is 35.9 Å². The van der Waals surface area contributed by atoms with E-state index in [0.29, 0.717) is 0 Å². The van der Waals surface area contributed by atoms with Gasteiger partial charge in [0.1, 0.15) is 12.0 Å². The molecular formula is C15H8F6O2. The average Bonchev–Trinajstić information content (AvgIpc) is 2.44. The van der Waals surface area contributed by atoms with Crippen LogP contribution in [0.3, 0.4) is 0 Å². The summed E-state index contributed by atoms with van der Waals surface area (Å²) in [5.41, 5.74) is -1.82. The van der Waals surface area contributed by atoms with Crippen LogP contribution in [0.25, 0.3) is 11.1 Å². The first-order valence-corrected chi connectivity index (χ1v) is 6.13. The summed E-state index contributed by atoms with van der Waals surface area (Å²) >= 11 is 0. The lowest BCUT2D eigenvalue weighted by molar-refractivity contribution is -0.274. The summed E-state index contributed by atoms with van der Waals surface area (Å²) in [5, 5.41) is 0. The smallest absolute Gasteiger partial charge is 0.406 e. The Morgan fingerprint density at radius 1 is 0.913 bits per heavy atom. The van der Waals surface area contributed by atoms with Crippen molar-refractivity contribution in [2.45, 2.75) is 12.5 Å². The number of hydrogen-bond donors (Lipinski definition) is 0. The molecule has 0 aliphatic carbocycles. The molecule has 8 heteroatoms. The van der Waals surface area contributed by atoms with Crippen LogP contribution in [0.5, 0.6) is 5.75 Å². The van der Waals surface area contributed by atoms with E-state index in [2.05, 4.69) is 4.74 Å². The van der Waals surface area contributed by atoms with Crippen molar-refractivity contribution in [1.82, 2.24) is 0 Å². The van der Waals surface area contributed by atoms with Crippen molar-refractivity contribution in [2.75, 3.05) is 0 Å². The van der Waals surface area contributed by atoms with Gasteiger partial charge in [-0.3, -0.25) is 4.79 Å². The van der Waals surface area contributed by atoms with E-state index in [1.165, 1.54) is 6.07 Å². The van der Waals surface area contributed by atoms with Gasteiger partial charge in [-0.25, -0.2) is 0 Å². The van der Waals surface area contributed by atoms with Crippen LogP contribution >= 0.6 is 0 Å². The summed E-state index contributed by atoms with van der Waals surface area (Å²) in [6, 6.07) is 7.01. The fourth-order valence-corrected chi connectivity index (χ4v) is 2.02. The number of carbonyl (C=O) groups is 1. The van der Waals surface area contributed by atoms with Gasteiger partial charge >= 0.3 is 12.5 Å². The van der Waals surface area contributed by atoms with E-state index < -0.39 is 23.9 Å². The highest BCUT2D eigenvalue weighted by Crippen LogP contribution is 2.38. The normalized spacial score (nSPS) is 12.1. The van der Waals surface area contributed by atoms with Gasteiger partial charge in [-0.1, -0.05) is 18.2 Å². The molecule has 0 aliphatic rings. The lowest BCUT2D eigenvalue weighted by Crippen LogP contribution is -2.17. The van der Waals surface area contributed by atoms with Gasteiger partial charge in [0, 0.05) is 5.56 Å². The minimum absolute atomic E-state index is 0.207. The number of benzene rings is 2. The highest BCUT2D eigenvalue weighted by atomic mass is 19.4. The van der Waals surface area contributed by atoms with Crippen LogP contribution in [-0.4, -0.2) is 12.6 Å². The van der Waals surface area contributed by atoms with E-state index in [1.54, 1.807) is 0 Å². The summed E-state index contributed by atoms with van der Waals surface area (Å²) in [4.78, 5) is 10.8. The van der Waals surface area contributed by atoms with Crippen molar-refractivity contribution in [3.05, 3.63) is 53.6 Å². The quantitative estimate of drug-likeness (QED) is 0.578. The summed E-state index contributed by atoms with van der Waals surface area (Å²) in [6.07, 6.45) is -9.50. The Morgan fingerprint density at radius 3 is 2.13 bits per heavy atom. The second-order valence-corrected chi connectivity index (χ2v) is 4.50. The third-order valence-corrected chi connectivity index (χ3v) is 2.84. The van der Waals surface area contributed by atoms with Crippen LogP contribution in [-0.2, 0) is 6.18 Å². The first-order chi connectivity index (χ1) is 10.6. The zero-order chi connectivity index (χ0) is 17.3. The van der Waals surface area contributed by atoms with Crippen molar-refractivity contribution in [3.8, 4) is 16.9 Å². The van der Waals surface area contributed by atoms with Gasteiger partial charge in [0.2, 0.25) is 0 Å². The summed E-state index contributed by atoms with van der Waals surface area (Å²) in [5.74, 6) is -0.769. The van der Waals surface area contributed by atoms with E-state index >= 15 is 0 Å². The maximum atomic E-state index is 13.0. The highest BCUT2D eigenvalue weighted by molar-refractivity contribution is 5.81. The summed E-state index contributed by atoms with van der Waals surface area (Å²) in [6.45, 7) is 0. The Labute approximate surface area is 126 Å². The van der Waals surface area contributed by atoms with E-state index in [9.17, 15) is 31.1 Å². The first kappa shape index (κ1) is 16.9. The fourth-order valence-electron chi connectivity index (χ4n) is 2.02. The Bertz CT molecular complexity index is 719. The van der Waals surface area contributed by atoms with E-state index in [4.69, 9.17) is 0 Å². The van der Waals surface area contributed by atoms with E-state index in [0.717, 1.165) is 36.4 Å². The molecule has 0 heterocycles. The Hall–Kier alpha value is -2.51. The molecule has 0 N–H and O–H groups in total. The van der Waals surface area contributed by atoms with Crippen LogP contribution in [0.15, 0.2) is 42.5 Å². The third-order valence-electron chi connectivity index (χ3n) is 2.84. The van der Waals surface area contributed by atoms with Crippen LogP contribution in [0, 0.1) is 0 Å². The molecule has 0 saturated heterocycles. The average molecular weight is 334 g/mol. The molecule has 2 aromatic carbocycles. The molecule has 0 radical (unpaired) electrons. The van der Waals surface area contributed by atoms with Crippen molar-refractivity contribution >= 4 is 6.29 Å². The highest BCUT2D eigenvalue weighted by Gasteiger charge is 2.34. The van der Waals surface area contributed by atoms with E-state index in [-0.39, 0.29) is 23.0 Å². The first-order valence-electron chi connectivity index (χ1n) is 6.13. The monoisotopic (exact) mass is 334 g/mol. The number of rotatable bonds is 3. The van der Waals surface area contributed by atoms with Crippen molar-refractivity contribution in [2.24, 2.45) is 0 Å². The van der Waals surface area contributed by atoms with Gasteiger partial charge in [0.25, 0.3) is 0 Å². The Kier molecular flexibility index (Phi) is 4.35. The van der Waals surface area contributed by atoms with Gasteiger partial charge in [-0.2, -0.15) is 13.2 Å². The molecule has 0 aromatic heterocycles. The second-order valence-electron chi connectivity index (χ2n) is 4.50. The SMILES string of the molecule is O=Cc1cc(OC(F)(F)F)cc(-c2ccccc2C(F)(F)F)c1. The number of halogens is 6. The Morgan fingerprint density at radius 2 is 1.57 bits per heavy atom. The van der Waals surface area contributed by atoms with Gasteiger partial charge < -0.3 is 4.74 Å². The number of alkyl halides is 6. The van der Waals surface area contributed by atoms with Crippen molar-refractivity contribution in [1.29, 1.82) is 0 Å². The molecular weight excluding hydrogens is 326 g/mol.